The van der Waals surface area contributed by atoms with Crippen molar-refractivity contribution in [2.45, 2.75) is 51.4 Å². The molecule has 1 fully saturated rings. The van der Waals surface area contributed by atoms with Crippen LogP contribution in [0.4, 0.5) is 11.4 Å². The van der Waals surface area contributed by atoms with Crippen LogP contribution in [0.2, 0.25) is 0 Å². The highest BCUT2D eigenvalue weighted by atomic mass is 16.6. The monoisotopic (exact) mass is 1000 g/mol. The Balaban J connectivity index is 0.000000201. The first-order valence-corrected chi connectivity index (χ1v) is 24.7. The Morgan fingerprint density at radius 2 is 1.03 bits per heavy atom. The number of rotatable bonds is 24. The van der Waals surface area contributed by atoms with E-state index in [1.165, 1.54) is 11.1 Å². The van der Waals surface area contributed by atoms with E-state index in [9.17, 15) is 19.8 Å². The third kappa shape index (κ3) is 19.6. The van der Waals surface area contributed by atoms with E-state index in [4.69, 9.17) is 19.3 Å². The van der Waals surface area contributed by atoms with Crippen molar-refractivity contribution in [1.29, 1.82) is 0 Å². The maximum atomic E-state index is 11.3. The fraction of sp³-hybridized carbons (Fsp3) is 0.194. The normalized spacial score (nSPS) is 12.5. The third-order valence-electron chi connectivity index (χ3n) is 12.0. The van der Waals surface area contributed by atoms with Gasteiger partial charge in [-0.25, -0.2) is 0 Å². The maximum Gasteiger partial charge on any atom is 0.211 e. The third-order valence-corrected chi connectivity index (χ3v) is 12.0. The standard InChI is InChI=1S/C31H32N2O4.C16H15NO3.C15H17NO.B/c34-23-32-29-19-27(13-16-31(29)37-22-26-9-5-2-6-10-26)30(36)21-33(20-25-7-3-1-4-8-25)18-17-24-11-14-28(35)15-12-24;18-11-17-14-8-13(16-10-20-16)6-7-15(14)19-9-12-4-2-1-3-5-12;17-15-8-6-13(7-9-15)10-11-16-12-14-4-2-1-3-5-14;/h1-16,19,23,30,35-36H,17-18,20-22H2,(H,32,34);1-8,11,16H,9-10H2,(H,17,18);1-9,16-17H,10-12H2;/t30-;16-;;/m00../s1. The molecule has 8 aromatic carbocycles. The molecule has 0 aromatic heterocycles. The van der Waals surface area contributed by atoms with Crippen LogP contribution in [0.3, 0.4) is 0 Å². The van der Waals surface area contributed by atoms with E-state index in [0.29, 0.717) is 73.3 Å². The summed E-state index contributed by atoms with van der Waals surface area (Å²) in [6, 6.07) is 65.9. The number of carbonyl (C=O) groups is 2. The van der Waals surface area contributed by atoms with Gasteiger partial charge in [0.05, 0.1) is 24.1 Å². The number of aliphatic hydroxyl groups is 1. The van der Waals surface area contributed by atoms with Crippen LogP contribution in [0.15, 0.2) is 206 Å². The Kier molecular flexibility index (Phi) is 23.0. The molecule has 1 heterocycles. The summed E-state index contributed by atoms with van der Waals surface area (Å²) in [6.07, 6.45) is 2.42. The van der Waals surface area contributed by atoms with Crippen molar-refractivity contribution in [3.05, 3.63) is 251 Å². The van der Waals surface area contributed by atoms with E-state index in [0.717, 1.165) is 66.9 Å². The summed E-state index contributed by atoms with van der Waals surface area (Å²) in [5.41, 5.74) is 9.86. The molecule has 1 aliphatic rings. The molecule has 0 spiro atoms. The van der Waals surface area contributed by atoms with E-state index in [1.54, 1.807) is 36.4 Å². The van der Waals surface area contributed by atoms with Gasteiger partial charge in [-0.2, -0.15) is 0 Å². The van der Waals surface area contributed by atoms with Crippen molar-refractivity contribution in [2.24, 2.45) is 0 Å². The van der Waals surface area contributed by atoms with Gasteiger partial charge in [-0.1, -0.05) is 158 Å². The number of ether oxygens (including phenoxy) is 3. The summed E-state index contributed by atoms with van der Waals surface area (Å²) in [5.74, 6) is 1.77. The molecule has 2 atom stereocenters. The van der Waals surface area contributed by atoms with E-state index in [-0.39, 0.29) is 20.3 Å². The second kappa shape index (κ2) is 30.7. The summed E-state index contributed by atoms with van der Waals surface area (Å²) in [4.78, 5) is 24.2. The second-order valence-electron chi connectivity index (χ2n) is 17.6. The molecule has 75 heavy (non-hydrogen) atoms. The lowest BCUT2D eigenvalue weighted by molar-refractivity contribution is -0.106. The quantitative estimate of drug-likeness (QED) is 0.0149. The Morgan fingerprint density at radius 3 is 1.53 bits per heavy atom. The molecule has 0 unspecified atom stereocenters. The summed E-state index contributed by atoms with van der Waals surface area (Å²) < 4.78 is 16.9. The molecule has 3 radical (unpaired) electrons. The van der Waals surface area contributed by atoms with Crippen LogP contribution < -0.4 is 25.4 Å². The van der Waals surface area contributed by atoms with E-state index in [1.807, 2.05) is 133 Å². The molecule has 6 N–H and O–H groups in total. The van der Waals surface area contributed by atoms with Crippen LogP contribution in [-0.2, 0) is 53.5 Å². The zero-order valence-electron chi connectivity index (χ0n) is 41.9. The van der Waals surface area contributed by atoms with Crippen LogP contribution in [0.5, 0.6) is 23.0 Å². The number of aromatic hydroxyl groups is 2. The number of hydrogen-bond acceptors (Lipinski definition) is 10. The second-order valence-corrected chi connectivity index (χ2v) is 17.6. The van der Waals surface area contributed by atoms with Crippen LogP contribution in [-0.4, -0.2) is 67.7 Å². The van der Waals surface area contributed by atoms with Gasteiger partial charge in [0, 0.05) is 34.6 Å². The molecule has 0 saturated carbocycles. The van der Waals surface area contributed by atoms with Gasteiger partial charge >= 0.3 is 0 Å². The van der Waals surface area contributed by atoms with Crippen LogP contribution in [0.1, 0.15) is 56.7 Å². The lowest BCUT2D eigenvalue weighted by Gasteiger charge is -2.26. The number of aliphatic hydroxyl groups excluding tert-OH is 1. The number of hydrogen-bond donors (Lipinski definition) is 6. The van der Waals surface area contributed by atoms with Gasteiger partial charge in [-0.05, 0) is 112 Å². The Bertz CT molecular complexity index is 2880. The minimum atomic E-state index is -0.765. The molecule has 12 nitrogen and oxygen atoms in total. The minimum absolute atomic E-state index is 0. The Labute approximate surface area is 442 Å². The lowest BCUT2D eigenvalue weighted by atomic mass is 10.1. The summed E-state index contributed by atoms with van der Waals surface area (Å²) in [5, 5.41) is 38.7. The zero-order valence-corrected chi connectivity index (χ0v) is 41.9. The minimum Gasteiger partial charge on any atom is -0.508 e. The average molecular weight is 1000 g/mol. The highest BCUT2D eigenvalue weighted by Crippen LogP contribution is 2.35. The van der Waals surface area contributed by atoms with Gasteiger partial charge in [0.1, 0.15) is 42.3 Å². The number of epoxide rings is 1. The largest absolute Gasteiger partial charge is 0.508 e. The molecule has 0 bridgehead atoms. The van der Waals surface area contributed by atoms with E-state index < -0.39 is 6.10 Å². The van der Waals surface area contributed by atoms with E-state index in [2.05, 4.69) is 57.2 Å². The van der Waals surface area contributed by atoms with Gasteiger partial charge in [-0.3, -0.25) is 14.5 Å². The highest BCUT2D eigenvalue weighted by molar-refractivity contribution is 5.77. The first-order chi connectivity index (χ1) is 36.3. The number of phenols is 2. The predicted molar refractivity (Wildman–Crippen MR) is 297 cm³/mol. The summed E-state index contributed by atoms with van der Waals surface area (Å²) >= 11 is 0. The van der Waals surface area contributed by atoms with Crippen molar-refractivity contribution in [2.75, 3.05) is 36.9 Å². The van der Waals surface area contributed by atoms with Gasteiger partial charge in [0.25, 0.3) is 0 Å². The number of phenolic OH excluding ortho intramolecular Hbond substituents is 2. The molecule has 1 aliphatic heterocycles. The highest BCUT2D eigenvalue weighted by Gasteiger charge is 2.25. The molecule has 383 valence electrons. The number of benzene rings is 8. The molecular formula is C62H64BN4O8. The molecule has 2 amide bonds. The zero-order chi connectivity index (χ0) is 51.6. The van der Waals surface area contributed by atoms with Gasteiger partial charge < -0.3 is 45.5 Å². The first kappa shape index (κ1) is 56.1. The van der Waals surface area contributed by atoms with Gasteiger partial charge in [-0.15, -0.1) is 0 Å². The maximum absolute atomic E-state index is 11.3. The number of carbonyl (C=O) groups excluding carboxylic acids is 2. The van der Waals surface area contributed by atoms with Crippen LogP contribution in [0.25, 0.3) is 0 Å². The van der Waals surface area contributed by atoms with E-state index >= 15 is 0 Å². The fourth-order valence-electron chi connectivity index (χ4n) is 7.92. The molecule has 0 aliphatic carbocycles. The molecule has 8 aromatic rings. The SMILES string of the molecule is O=CNc1cc([C@@H](O)CN(CCc2ccc(O)cc2)Cc2ccccc2)ccc1OCc1ccccc1.O=CNc1cc([C@@H]2CO2)ccc1OCc1ccccc1.Oc1ccc(CCNCc2ccccc2)cc1.[B]. The topological polar surface area (TPSA) is 165 Å². The first-order valence-electron chi connectivity index (χ1n) is 24.7. The Morgan fingerprint density at radius 1 is 0.560 bits per heavy atom. The summed E-state index contributed by atoms with van der Waals surface area (Å²) in [7, 11) is 0. The molecule has 9 rings (SSSR count). The number of amides is 2. The lowest BCUT2D eigenvalue weighted by Crippen LogP contribution is -2.30. The number of nitrogens with one attached hydrogen (secondary N) is 3. The number of anilines is 2. The molecule has 1 saturated heterocycles. The summed E-state index contributed by atoms with van der Waals surface area (Å²) in [6.45, 7) is 5.26. The predicted octanol–water partition coefficient (Wildman–Crippen LogP) is 10.6. The average Bonchev–Trinajstić information content (AvgIpc) is 4.30. The fourth-order valence-corrected chi connectivity index (χ4v) is 7.92. The number of nitrogens with zero attached hydrogens (tertiary/aromatic N) is 1. The molecular weight excluding hydrogens is 940 g/mol. The van der Waals surface area contributed by atoms with Crippen molar-refractivity contribution >= 4 is 32.6 Å². The van der Waals surface area contributed by atoms with Gasteiger partial charge in [0.15, 0.2) is 0 Å². The van der Waals surface area contributed by atoms with Crippen molar-refractivity contribution < 1.29 is 39.1 Å². The van der Waals surface area contributed by atoms with Crippen LogP contribution >= 0.6 is 0 Å². The molecule has 13 heteroatoms. The smallest absolute Gasteiger partial charge is 0.211 e. The van der Waals surface area contributed by atoms with Crippen molar-refractivity contribution in [3.63, 3.8) is 0 Å². The van der Waals surface area contributed by atoms with Crippen LogP contribution in [0, 0.1) is 0 Å². The van der Waals surface area contributed by atoms with Crippen molar-refractivity contribution in [3.8, 4) is 23.0 Å². The van der Waals surface area contributed by atoms with Gasteiger partial charge in [0.2, 0.25) is 12.8 Å². The Hall–Kier alpha value is -8.20. The van der Waals surface area contributed by atoms with Crippen molar-refractivity contribution in [1.82, 2.24) is 10.2 Å².